The van der Waals surface area contributed by atoms with Gasteiger partial charge in [0.15, 0.2) is 0 Å². The van der Waals surface area contributed by atoms with Crippen LogP contribution in [-0.4, -0.2) is 20.2 Å². The fraction of sp³-hybridized carbons (Fsp3) is 0.400. The Hall–Kier alpha value is 1.71. The minimum Gasteiger partial charge on any atom is -0.521 e. The molecule has 0 fully saturated rings. The Balaban J connectivity index is 0. The first-order valence-electron chi connectivity index (χ1n) is 17.3. The molecule has 3 N–H and O–H groups in total. The second-order valence-electron chi connectivity index (χ2n) is 16.3. The maximum atomic E-state index is 12.7. The third-order valence-electron chi connectivity index (χ3n) is 12.9. The molecule has 0 amide bonds. The van der Waals surface area contributed by atoms with Crippen LogP contribution in [0.3, 0.4) is 0 Å². The standard InChI is InChI=1S/C22H22NO3.C21H23N2O.2CH4.6Y/c1-12-18-15-10-13-8-6-7-9-14(13)17(15)21(2,3)22(4,5)23(18)11-16(19(12)24)20(25)26;1-12-18-15-10-13-8-6-7-9-14(13)17(15)20(2,3)21(4,5)23(18)11-16(22)19(12)24;;;;;;;;/h6-9H,10H2,1-5H3,(H,25,26);6-9H,10,22H2,1-5H3;2*1H4;;;;;;/q2*-1;;;;;;;;. The van der Waals surface area contributed by atoms with Crippen LogP contribution in [0.5, 0.6) is 0 Å². The first-order chi connectivity index (χ1) is 23.3. The van der Waals surface area contributed by atoms with Gasteiger partial charge in [-0.2, -0.15) is 0 Å². The molecule has 0 spiro atoms. The number of hydrogen-bond donors (Lipinski definition) is 2. The van der Waals surface area contributed by atoms with E-state index in [1.165, 1.54) is 39.0 Å². The number of benzene rings is 2. The van der Waals surface area contributed by atoms with Crippen LogP contribution >= 0.6 is 0 Å². The van der Waals surface area contributed by atoms with E-state index in [2.05, 4.69) is 109 Å². The van der Waals surface area contributed by atoms with Gasteiger partial charge in [0.05, 0.1) is 5.43 Å². The summed E-state index contributed by atoms with van der Waals surface area (Å²) in [4.78, 5) is 36.7. The fourth-order valence-corrected chi connectivity index (χ4v) is 8.81. The Labute approximate surface area is 496 Å². The van der Waals surface area contributed by atoms with Gasteiger partial charge < -0.3 is 34.4 Å². The third kappa shape index (κ3) is 9.24. The van der Waals surface area contributed by atoms with Crippen LogP contribution in [0.15, 0.2) is 58.1 Å². The quantitative estimate of drug-likeness (QED) is 0.185. The smallest absolute Gasteiger partial charge is 0.252 e. The van der Waals surface area contributed by atoms with Crippen molar-refractivity contribution in [3.63, 3.8) is 0 Å². The van der Waals surface area contributed by atoms with E-state index in [0.29, 0.717) is 5.56 Å². The molecule has 0 saturated carbocycles. The normalized spacial score (nSPS) is 16.7. The van der Waals surface area contributed by atoms with Crippen molar-refractivity contribution in [2.45, 2.75) is 108 Å². The average molecular weight is 1230 g/mol. The molecule has 4 aliphatic rings. The number of aromatic carboxylic acids is 1. The summed E-state index contributed by atoms with van der Waals surface area (Å²) in [5.74, 6) is -1.23. The van der Waals surface area contributed by atoms with Crippen LogP contribution in [0.4, 0.5) is 5.69 Å². The van der Waals surface area contributed by atoms with Gasteiger partial charge >= 0.3 is 0 Å². The monoisotopic (exact) mass is 1230 g/mol. The van der Waals surface area contributed by atoms with Crippen molar-refractivity contribution in [3.8, 4) is 0 Å². The largest absolute Gasteiger partial charge is 0.521 e. The summed E-state index contributed by atoms with van der Waals surface area (Å²) < 4.78 is 4.02. The van der Waals surface area contributed by atoms with Crippen molar-refractivity contribution in [2.24, 2.45) is 10.8 Å². The number of fused-ring (bicyclic) bond motifs is 8. The number of carboxylic acid groups (broad SMARTS) is 1. The number of hydrogen-bond acceptors (Lipinski definition) is 4. The Morgan fingerprint density at radius 2 is 0.966 bits per heavy atom. The zero-order valence-corrected chi connectivity index (χ0v) is 51.2. The summed E-state index contributed by atoms with van der Waals surface area (Å²) >= 11 is 0. The van der Waals surface area contributed by atoms with Gasteiger partial charge in [0, 0.05) is 218 Å². The zero-order chi connectivity index (χ0) is 36.5. The molecule has 13 heteroatoms. The fourth-order valence-electron chi connectivity index (χ4n) is 8.81. The van der Waals surface area contributed by atoms with Crippen LogP contribution in [-0.2, 0) is 220 Å². The van der Waals surface area contributed by atoms with E-state index in [1.54, 1.807) is 6.92 Å². The van der Waals surface area contributed by atoms with Gasteiger partial charge in [0.25, 0.3) is 5.97 Å². The molecule has 2 aliphatic carbocycles. The number of rotatable bonds is 1. The maximum absolute atomic E-state index is 12.7. The van der Waals surface area contributed by atoms with Crippen molar-refractivity contribution < 1.29 is 206 Å². The molecule has 0 saturated heterocycles. The summed E-state index contributed by atoms with van der Waals surface area (Å²) in [7, 11) is 0. The van der Waals surface area contributed by atoms with Gasteiger partial charge in [-0.05, 0) is 90.9 Å². The Kier molecular flexibility index (Phi) is 23.2. The van der Waals surface area contributed by atoms with E-state index in [0.717, 1.165) is 35.4 Å². The molecule has 8 rings (SSSR count). The average Bonchev–Trinajstić information content (AvgIpc) is 3.63. The number of allylic oxidation sites excluding steroid dienone is 4. The molecular formula is C45H53N3O4Y6-2. The molecule has 292 valence electrons. The molecule has 2 aromatic heterocycles. The van der Waals surface area contributed by atoms with Gasteiger partial charge in [0.1, 0.15) is 5.43 Å². The van der Waals surface area contributed by atoms with Crippen LogP contribution in [0.25, 0.3) is 22.3 Å². The van der Waals surface area contributed by atoms with E-state index < -0.39 is 16.9 Å². The predicted molar refractivity (Wildman–Crippen MR) is 214 cm³/mol. The van der Waals surface area contributed by atoms with Crippen molar-refractivity contribution in [1.29, 1.82) is 0 Å². The summed E-state index contributed by atoms with van der Waals surface area (Å²) in [6.45, 7) is 21.2. The van der Waals surface area contributed by atoms with Gasteiger partial charge in [0.2, 0.25) is 0 Å². The van der Waals surface area contributed by atoms with E-state index in [4.69, 9.17) is 5.73 Å². The van der Waals surface area contributed by atoms with Crippen LogP contribution < -0.4 is 16.6 Å². The Morgan fingerprint density at radius 1 is 0.621 bits per heavy atom. The molecule has 58 heavy (non-hydrogen) atoms. The summed E-state index contributed by atoms with van der Waals surface area (Å²) in [5, 5.41) is 9.46. The number of nitrogens with two attached hydrogens (primary N) is 1. The van der Waals surface area contributed by atoms with E-state index in [9.17, 15) is 19.5 Å². The van der Waals surface area contributed by atoms with E-state index in [-0.39, 0.29) is 244 Å². The zero-order valence-electron chi connectivity index (χ0n) is 34.1. The number of nitrogens with zero attached hydrogens (tertiary/aromatic N) is 2. The molecule has 0 atom stereocenters. The van der Waals surface area contributed by atoms with Gasteiger partial charge in [-0.3, -0.25) is 0 Å². The topological polar surface area (TPSA) is 107 Å². The molecule has 4 heterocycles. The number of carboxylic acids is 1. The molecule has 2 aliphatic heterocycles. The van der Waals surface area contributed by atoms with Crippen molar-refractivity contribution in [1.82, 2.24) is 9.13 Å². The predicted octanol–water partition coefficient (Wildman–Crippen LogP) is 8.94. The SMILES string of the molecule is C.C.Cc1c2n([c-]c(C(=O)O)c1=O)C(C)(C)C(C)(C)C1=C2Cc2ccccc21.Cc1c2n([c-]c(N)c1=O)C(C)(C)C(C)(C)C1=C2Cc2ccccc21.[Y].[Y].[Y].[Y].[Y].[Y]. The molecule has 2 aromatic carbocycles. The van der Waals surface area contributed by atoms with Crippen molar-refractivity contribution >= 4 is 33.9 Å². The van der Waals surface area contributed by atoms with Crippen molar-refractivity contribution in [3.05, 3.63) is 132 Å². The Bertz CT molecular complexity index is 2400. The molecule has 0 unspecified atom stereocenters. The van der Waals surface area contributed by atoms with Gasteiger partial charge in [-0.15, -0.1) is 0 Å². The third-order valence-corrected chi connectivity index (χ3v) is 12.9. The van der Waals surface area contributed by atoms with E-state index in [1.807, 2.05) is 23.6 Å². The second kappa shape index (κ2) is 21.8. The molecular weight excluding hydrogens is 1180 g/mol. The van der Waals surface area contributed by atoms with Crippen LogP contribution in [0.1, 0.15) is 125 Å². The van der Waals surface area contributed by atoms with Crippen molar-refractivity contribution in [2.75, 3.05) is 5.73 Å². The van der Waals surface area contributed by atoms with Crippen LogP contribution in [0.2, 0.25) is 0 Å². The minimum atomic E-state index is -1.23. The summed E-state index contributed by atoms with van der Waals surface area (Å²) in [6.07, 6.45) is 7.72. The number of nitrogen functional groups attached to an aromatic ring is 1. The molecule has 0 bridgehead atoms. The van der Waals surface area contributed by atoms with Gasteiger partial charge in [-0.1, -0.05) is 145 Å². The van der Waals surface area contributed by atoms with Crippen LogP contribution in [0, 0.1) is 37.1 Å². The van der Waals surface area contributed by atoms with Gasteiger partial charge in [-0.25, -0.2) is 0 Å². The van der Waals surface area contributed by atoms with E-state index >= 15 is 0 Å². The Morgan fingerprint density at radius 3 is 1.34 bits per heavy atom. The number of anilines is 1. The second-order valence-corrected chi connectivity index (χ2v) is 16.3. The molecule has 6 radical (unpaired) electrons. The minimum absolute atomic E-state index is 0. The number of pyridine rings is 2. The summed E-state index contributed by atoms with van der Waals surface area (Å²) in [5.41, 5.74) is 17.5. The maximum Gasteiger partial charge on any atom is 0.252 e. The first-order valence-corrected chi connectivity index (χ1v) is 17.3. The number of carbonyl (C=O) groups is 1. The first kappa shape index (κ1) is 61.8. The summed E-state index contributed by atoms with van der Waals surface area (Å²) in [6, 6.07) is 16.9. The molecule has 7 nitrogen and oxygen atoms in total. The number of aromatic nitrogens is 2. The molecule has 4 aromatic rings.